The molecule has 1 aliphatic carbocycles. The molecule has 4 heteroatoms. The lowest BCUT2D eigenvalue weighted by atomic mass is 9.89. The average molecular weight is 288 g/mol. The van der Waals surface area contributed by atoms with E-state index >= 15 is 0 Å². The van der Waals surface area contributed by atoms with Gasteiger partial charge in [0.25, 0.3) is 0 Å². The van der Waals surface area contributed by atoms with E-state index in [0.29, 0.717) is 12.5 Å². The molecule has 0 radical (unpaired) electrons. The van der Waals surface area contributed by atoms with Crippen LogP contribution in [0.3, 0.4) is 0 Å². The molecule has 0 saturated heterocycles. The summed E-state index contributed by atoms with van der Waals surface area (Å²) in [6, 6.07) is 7.13. The van der Waals surface area contributed by atoms with Gasteiger partial charge in [-0.15, -0.1) is 0 Å². The van der Waals surface area contributed by atoms with Crippen LogP contribution in [0.4, 0.5) is 10.5 Å². The standard InChI is InChI=1S/C17H24N2O2/c1-2-21-16-10-8-15(9-11-16)19-17(20)18-13-12-14-6-4-3-5-7-14/h8-14H,2-7H2,1H3,(H2,18,19,20)/b13-12+. The molecule has 114 valence electrons. The largest absolute Gasteiger partial charge is 0.494 e. The van der Waals surface area contributed by atoms with Gasteiger partial charge in [0.1, 0.15) is 5.75 Å². The fourth-order valence-electron chi connectivity index (χ4n) is 2.55. The van der Waals surface area contributed by atoms with Crippen molar-refractivity contribution in [2.24, 2.45) is 5.92 Å². The second-order valence-corrected chi connectivity index (χ2v) is 5.31. The van der Waals surface area contributed by atoms with Gasteiger partial charge < -0.3 is 15.4 Å². The predicted molar refractivity (Wildman–Crippen MR) is 85.5 cm³/mol. The van der Waals surface area contributed by atoms with Crippen LogP contribution in [0.15, 0.2) is 36.5 Å². The highest BCUT2D eigenvalue weighted by Gasteiger charge is 2.09. The summed E-state index contributed by atoms with van der Waals surface area (Å²) in [5.41, 5.74) is 0.752. The Labute approximate surface area is 126 Å². The maximum Gasteiger partial charge on any atom is 0.323 e. The van der Waals surface area contributed by atoms with Crippen LogP contribution in [-0.4, -0.2) is 12.6 Å². The molecule has 0 aromatic heterocycles. The average Bonchev–Trinajstić information content (AvgIpc) is 2.51. The zero-order valence-electron chi connectivity index (χ0n) is 12.6. The summed E-state index contributed by atoms with van der Waals surface area (Å²) in [5, 5.41) is 5.55. The van der Waals surface area contributed by atoms with E-state index in [9.17, 15) is 4.79 Å². The van der Waals surface area contributed by atoms with Gasteiger partial charge in [0.15, 0.2) is 0 Å². The third-order valence-corrected chi connectivity index (χ3v) is 3.66. The van der Waals surface area contributed by atoms with Gasteiger partial charge in [0.2, 0.25) is 0 Å². The summed E-state index contributed by atoms with van der Waals surface area (Å²) >= 11 is 0. The summed E-state index contributed by atoms with van der Waals surface area (Å²) in [4.78, 5) is 11.8. The van der Waals surface area contributed by atoms with Gasteiger partial charge in [0, 0.05) is 11.9 Å². The first kappa shape index (κ1) is 15.4. The molecule has 1 aliphatic rings. The van der Waals surface area contributed by atoms with Gasteiger partial charge in [-0.1, -0.05) is 25.3 Å². The van der Waals surface area contributed by atoms with Gasteiger partial charge in [0.05, 0.1) is 6.61 Å². The summed E-state index contributed by atoms with van der Waals surface area (Å²) < 4.78 is 5.36. The quantitative estimate of drug-likeness (QED) is 0.848. The molecular formula is C17H24N2O2. The molecule has 0 bridgehead atoms. The van der Waals surface area contributed by atoms with Crippen molar-refractivity contribution in [3.8, 4) is 5.75 Å². The van der Waals surface area contributed by atoms with Crippen LogP contribution in [0.5, 0.6) is 5.75 Å². The smallest absolute Gasteiger partial charge is 0.323 e. The summed E-state index contributed by atoms with van der Waals surface area (Å²) in [6.07, 6.45) is 10.3. The lowest BCUT2D eigenvalue weighted by Crippen LogP contribution is -2.24. The Balaban J connectivity index is 1.74. The molecule has 0 spiro atoms. The second kappa shape index (κ2) is 8.35. The number of rotatable bonds is 5. The fraction of sp³-hybridized carbons (Fsp3) is 0.471. The van der Waals surface area contributed by atoms with Gasteiger partial charge in [-0.05, 0) is 49.9 Å². The Morgan fingerprint density at radius 2 is 1.95 bits per heavy atom. The van der Waals surface area contributed by atoms with Gasteiger partial charge in [-0.25, -0.2) is 4.79 Å². The number of ether oxygens (including phenoxy) is 1. The van der Waals surface area contributed by atoms with Crippen LogP contribution < -0.4 is 15.4 Å². The van der Waals surface area contributed by atoms with Gasteiger partial charge in [-0.2, -0.15) is 0 Å². The van der Waals surface area contributed by atoms with Crippen molar-refractivity contribution in [3.05, 3.63) is 36.5 Å². The van der Waals surface area contributed by atoms with Crippen LogP contribution in [0.25, 0.3) is 0 Å². The van der Waals surface area contributed by atoms with Crippen LogP contribution >= 0.6 is 0 Å². The number of nitrogens with one attached hydrogen (secondary N) is 2. The van der Waals surface area contributed by atoms with E-state index in [1.165, 1.54) is 32.1 Å². The van der Waals surface area contributed by atoms with Crippen LogP contribution in [0.2, 0.25) is 0 Å². The van der Waals surface area contributed by atoms with Crippen molar-refractivity contribution in [1.82, 2.24) is 5.32 Å². The highest BCUT2D eigenvalue weighted by Crippen LogP contribution is 2.24. The van der Waals surface area contributed by atoms with Gasteiger partial charge >= 0.3 is 6.03 Å². The van der Waals surface area contributed by atoms with E-state index in [4.69, 9.17) is 4.74 Å². The molecule has 0 unspecified atom stereocenters. The molecule has 0 aliphatic heterocycles. The van der Waals surface area contributed by atoms with E-state index in [1.54, 1.807) is 6.20 Å². The number of benzene rings is 1. The fourth-order valence-corrected chi connectivity index (χ4v) is 2.55. The Kier molecular flexibility index (Phi) is 6.13. The minimum Gasteiger partial charge on any atom is -0.494 e. The lowest BCUT2D eigenvalue weighted by molar-refractivity contribution is 0.255. The van der Waals surface area contributed by atoms with Crippen molar-refractivity contribution in [2.45, 2.75) is 39.0 Å². The Bertz CT molecular complexity index is 462. The molecule has 0 atom stereocenters. The zero-order chi connectivity index (χ0) is 14.9. The van der Waals surface area contributed by atoms with Crippen LogP contribution in [-0.2, 0) is 0 Å². The third kappa shape index (κ3) is 5.50. The van der Waals surface area contributed by atoms with Crippen molar-refractivity contribution in [1.29, 1.82) is 0 Å². The summed E-state index contributed by atoms with van der Waals surface area (Å²) in [7, 11) is 0. The number of hydrogen-bond donors (Lipinski definition) is 2. The molecule has 2 N–H and O–H groups in total. The molecule has 4 nitrogen and oxygen atoms in total. The van der Waals surface area contributed by atoms with Crippen LogP contribution in [0, 0.1) is 5.92 Å². The number of urea groups is 1. The molecule has 0 heterocycles. The van der Waals surface area contributed by atoms with Crippen molar-refractivity contribution >= 4 is 11.7 Å². The Hall–Kier alpha value is -1.97. The predicted octanol–water partition coefficient (Wildman–Crippen LogP) is 4.30. The van der Waals surface area contributed by atoms with E-state index in [-0.39, 0.29) is 6.03 Å². The first-order chi connectivity index (χ1) is 10.3. The van der Waals surface area contributed by atoms with E-state index in [0.717, 1.165) is 11.4 Å². The monoisotopic (exact) mass is 288 g/mol. The molecule has 1 saturated carbocycles. The number of anilines is 1. The summed E-state index contributed by atoms with van der Waals surface area (Å²) in [6.45, 7) is 2.58. The number of carbonyl (C=O) groups is 1. The molecule has 1 fully saturated rings. The number of allylic oxidation sites excluding steroid dienone is 1. The zero-order valence-corrected chi connectivity index (χ0v) is 12.6. The molecule has 2 amide bonds. The molecule has 2 rings (SSSR count). The highest BCUT2D eigenvalue weighted by atomic mass is 16.5. The lowest BCUT2D eigenvalue weighted by Gasteiger charge is -2.17. The van der Waals surface area contributed by atoms with E-state index < -0.39 is 0 Å². The molecule has 21 heavy (non-hydrogen) atoms. The first-order valence-electron chi connectivity index (χ1n) is 7.75. The van der Waals surface area contributed by atoms with Crippen molar-refractivity contribution < 1.29 is 9.53 Å². The van der Waals surface area contributed by atoms with Crippen molar-refractivity contribution in [3.63, 3.8) is 0 Å². The normalized spacial score (nSPS) is 15.9. The maximum absolute atomic E-state index is 11.8. The highest BCUT2D eigenvalue weighted by molar-refractivity contribution is 5.89. The first-order valence-corrected chi connectivity index (χ1v) is 7.75. The summed E-state index contributed by atoms with van der Waals surface area (Å²) in [5.74, 6) is 1.42. The minimum absolute atomic E-state index is 0.216. The second-order valence-electron chi connectivity index (χ2n) is 5.31. The molecule has 1 aromatic rings. The third-order valence-electron chi connectivity index (χ3n) is 3.66. The SMILES string of the molecule is CCOc1ccc(NC(=O)N/C=C/C2CCCCC2)cc1. The Morgan fingerprint density at radius 1 is 1.24 bits per heavy atom. The van der Waals surface area contributed by atoms with E-state index in [2.05, 4.69) is 16.7 Å². The number of amides is 2. The Morgan fingerprint density at radius 3 is 2.62 bits per heavy atom. The number of carbonyl (C=O) groups excluding carboxylic acids is 1. The minimum atomic E-state index is -0.216. The van der Waals surface area contributed by atoms with E-state index in [1.807, 2.05) is 31.2 Å². The maximum atomic E-state index is 11.8. The molecular weight excluding hydrogens is 264 g/mol. The van der Waals surface area contributed by atoms with Crippen LogP contribution in [0.1, 0.15) is 39.0 Å². The topological polar surface area (TPSA) is 50.4 Å². The van der Waals surface area contributed by atoms with Crippen molar-refractivity contribution in [2.75, 3.05) is 11.9 Å². The molecule has 1 aromatic carbocycles. The van der Waals surface area contributed by atoms with Gasteiger partial charge in [-0.3, -0.25) is 0 Å². The number of hydrogen-bond acceptors (Lipinski definition) is 2.